The Balaban J connectivity index is 2.26. The maximum absolute atomic E-state index is 12.1. The number of aryl methyl sites for hydroxylation is 1. The highest BCUT2D eigenvalue weighted by Crippen LogP contribution is 2.20. The van der Waals surface area contributed by atoms with E-state index < -0.39 is 10.0 Å². The summed E-state index contributed by atoms with van der Waals surface area (Å²) in [4.78, 5) is 3.89. The number of anilines is 2. The van der Waals surface area contributed by atoms with E-state index in [0.717, 1.165) is 5.01 Å². The Kier molecular flexibility index (Phi) is 3.93. The number of nitrogen functional groups attached to an aromatic ring is 1. The summed E-state index contributed by atoms with van der Waals surface area (Å²) < 4.78 is 26.6. The third-order valence-electron chi connectivity index (χ3n) is 2.18. The van der Waals surface area contributed by atoms with E-state index in [1.54, 1.807) is 0 Å². The summed E-state index contributed by atoms with van der Waals surface area (Å²) in [7, 11) is -3.72. The van der Waals surface area contributed by atoms with E-state index >= 15 is 0 Å². The molecular weight excluding hydrogens is 288 g/mol. The highest BCUT2D eigenvalue weighted by Gasteiger charge is 2.17. The van der Waals surface area contributed by atoms with Crippen molar-refractivity contribution in [3.8, 4) is 0 Å². The van der Waals surface area contributed by atoms with Gasteiger partial charge in [0, 0.05) is 12.3 Å². The Labute approximate surface area is 114 Å². The van der Waals surface area contributed by atoms with Crippen LogP contribution in [-0.4, -0.2) is 23.6 Å². The van der Waals surface area contributed by atoms with E-state index in [1.807, 2.05) is 6.92 Å². The average molecular weight is 300 g/mol. The van der Waals surface area contributed by atoms with Crippen LogP contribution in [0.4, 0.5) is 10.9 Å². The number of hydrogen-bond donors (Lipinski definition) is 3. The average Bonchev–Trinajstić information content (AvgIpc) is 2.85. The van der Waals surface area contributed by atoms with Gasteiger partial charge >= 0.3 is 0 Å². The maximum atomic E-state index is 12.1. The van der Waals surface area contributed by atoms with Crippen LogP contribution in [0.1, 0.15) is 11.9 Å². The fourth-order valence-electron chi connectivity index (χ4n) is 1.27. The Morgan fingerprint density at radius 2 is 2.21 bits per heavy atom. The monoisotopic (exact) mass is 300 g/mol. The van der Waals surface area contributed by atoms with Gasteiger partial charge in [-0.15, -0.1) is 10.2 Å². The SMILES string of the molecule is CCc1nnc(NS(=O)(=O)c2ccnc(NN)c2)s1. The van der Waals surface area contributed by atoms with Crippen LogP contribution in [0.3, 0.4) is 0 Å². The van der Waals surface area contributed by atoms with E-state index in [-0.39, 0.29) is 15.8 Å². The first-order valence-electron chi connectivity index (χ1n) is 5.33. The van der Waals surface area contributed by atoms with Crippen molar-refractivity contribution in [3.05, 3.63) is 23.3 Å². The van der Waals surface area contributed by atoms with Crippen molar-refractivity contribution in [1.82, 2.24) is 15.2 Å². The summed E-state index contributed by atoms with van der Waals surface area (Å²) in [6, 6.07) is 2.69. The molecule has 4 N–H and O–H groups in total. The van der Waals surface area contributed by atoms with E-state index in [2.05, 4.69) is 25.3 Å². The molecule has 8 nitrogen and oxygen atoms in total. The van der Waals surface area contributed by atoms with Crippen molar-refractivity contribution < 1.29 is 8.42 Å². The summed E-state index contributed by atoms with van der Waals surface area (Å²) in [5.41, 5.74) is 2.29. The molecule has 0 fully saturated rings. The number of sulfonamides is 1. The molecule has 0 aromatic carbocycles. The number of nitrogens with two attached hydrogens (primary N) is 1. The van der Waals surface area contributed by atoms with Crippen molar-refractivity contribution in [2.24, 2.45) is 5.84 Å². The minimum Gasteiger partial charge on any atom is -0.308 e. The van der Waals surface area contributed by atoms with Gasteiger partial charge in [-0.05, 0) is 12.5 Å². The predicted octanol–water partition coefficient (Wildman–Crippen LogP) is 0.582. The van der Waals surface area contributed by atoms with Gasteiger partial charge in [0.05, 0.1) is 4.90 Å². The highest BCUT2D eigenvalue weighted by atomic mass is 32.2. The highest BCUT2D eigenvalue weighted by molar-refractivity contribution is 7.93. The zero-order valence-electron chi connectivity index (χ0n) is 9.99. The van der Waals surface area contributed by atoms with Gasteiger partial charge in [-0.1, -0.05) is 18.3 Å². The van der Waals surface area contributed by atoms with E-state index in [4.69, 9.17) is 5.84 Å². The molecule has 0 radical (unpaired) electrons. The summed E-state index contributed by atoms with van der Waals surface area (Å²) in [6.07, 6.45) is 2.05. The molecule has 0 aliphatic carbocycles. The van der Waals surface area contributed by atoms with Crippen molar-refractivity contribution in [3.63, 3.8) is 0 Å². The van der Waals surface area contributed by atoms with Crippen LogP contribution in [0.2, 0.25) is 0 Å². The van der Waals surface area contributed by atoms with E-state index in [1.165, 1.54) is 29.7 Å². The molecule has 10 heteroatoms. The third-order valence-corrected chi connectivity index (χ3v) is 4.63. The first-order chi connectivity index (χ1) is 9.05. The minimum atomic E-state index is -3.72. The van der Waals surface area contributed by atoms with Crippen LogP contribution in [0.15, 0.2) is 23.2 Å². The van der Waals surface area contributed by atoms with Gasteiger partial charge in [0.1, 0.15) is 10.8 Å². The number of rotatable bonds is 5. The zero-order chi connectivity index (χ0) is 13.9. The fraction of sp³-hybridized carbons (Fsp3) is 0.222. The van der Waals surface area contributed by atoms with Gasteiger partial charge in [0.2, 0.25) is 5.13 Å². The Morgan fingerprint density at radius 3 is 2.84 bits per heavy atom. The van der Waals surface area contributed by atoms with Crippen LogP contribution in [0.25, 0.3) is 0 Å². The van der Waals surface area contributed by atoms with Crippen LogP contribution in [-0.2, 0) is 16.4 Å². The maximum Gasteiger partial charge on any atom is 0.263 e. The van der Waals surface area contributed by atoms with Gasteiger partial charge in [0.25, 0.3) is 10.0 Å². The number of nitrogens with zero attached hydrogens (tertiary/aromatic N) is 3. The number of aromatic nitrogens is 3. The normalized spacial score (nSPS) is 11.3. The van der Waals surface area contributed by atoms with Crippen LogP contribution < -0.4 is 16.0 Å². The second-order valence-corrected chi connectivity index (χ2v) is 6.23. The molecule has 0 amide bonds. The second kappa shape index (κ2) is 5.47. The standard InChI is InChI=1S/C9H12N6O2S2/c1-2-8-13-14-9(18-8)15-19(16,17)6-3-4-11-7(5-6)12-10/h3-5H,2,10H2,1H3,(H,11,12)(H,14,15). The minimum absolute atomic E-state index is 0.0451. The summed E-state index contributed by atoms with van der Waals surface area (Å²) >= 11 is 1.20. The predicted molar refractivity (Wildman–Crippen MR) is 72.1 cm³/mol. The van der Waals surface area contributed by atoms with Gasteiger partial charge < -0.3 is 5.43 Å². The molecule has 0 unspecified atom stereocenters. The van der Waals surface area contributed by atoms with Gasteiger partial charge in [-0.25, -0.2) is 19.2 Å². The van der Waals surface area contributed by atoms with Gasteiger partial charge in [-0.3, -0.25) is 4.72 Å². The molecule has 2 rings (SSSR count). The lowest BCUT2D eigenvalue weighted by molar-refractivity contribution is 0.601. The van der Waals surface area contributed by atoms with Gasteiger partial charge in [-0.2, -0.15) is 0 Å². The summed E-state index contributed by atoms with van der Waals surface area (Å²) in [6.45, 7) is 1.92. The van der Waals surface area contributed by atoms with Crippen molar-refractivity contribution in [1.29, 1.82) is 0 Å². The van der Waals surface area contributed by atoms with Crippen LogP contribution >= 0.6 is 11.3 Å². The van der Waals surface area contributed by atoms with E-state index in [9.17, 15) is 8.42 Å². The molecule has 0 spiro atoms. The number of nitrogens with one attached hydrogen (secondary N) is 2. The Hall–Kier alpha value is -1.78. The number of pyridine rings is 1. The Bertz CT molecular complexity index is 669. The molecule has 0 saturated carbocycles. The number of hydrazine groups is 1. The fourth-order valence-corrected chi connectivity index (χ4v) is 3.19. The van der Waals surface area contributed by atoms with Crippen LogP contribution in [0.5, 0.6) is 0 Å². The van der Waals surface area contributed by atoms with Crippen LogP contribution in [0, 0.1) is 0 Å². The van der Waals surface area contributed by atoms with E-state index in [0.29, 0.717) is 6.42 Å². The molecule has 102 valence electrons. The summed E-state index contributed by atoms with van der Waals surface area (Å²) in [5, 5.41) is 8.60. The summed E-state index contributed by atoms with van der Waals surface area (Å²) in [5.74, 6) is 5.45. The first-order valence-corrected chi connectivity index (χ1v) is 7.63. The molecule has 0 aliphatic rings. The molecule has 0 aliphatic heterocycles. The molecule has 19 heavy (non-hydrogen) atoms. The molecule has 0 saturated heterocycles. The van der Waals surface area contributed by atoms with Crippen molar-refractivity contribution in [2.75, 3.05) is 10.1 Å². The Morgan fingerprint density at radius 1 is 1.42 bits per heavy atom. The lowest BCUT2D eigenvalue weighted by Crippen LogP contribution is -2.14. The van der Waals surface area contributed by atoms with Crippen molar-refractivity contribution in [2.45, 2.75) is 18.2 Å². The zero-order valence-corrected chi connectivity index (χ0v) is 11.6. The topological polar surface area (TPSA) is 123 Å². The molecule has 2 heterocycles. The first kappa shape index (κ1) is 13.6. The molecule has 2 aromatic rings. The second-order valence-electron chi connectivity index (χ2n) is 3.48. The number of hydrogen-bond acceptors (Lipinski definition) is 8. The largest absolute Gasteiger partial charge is 0.308 e. The van der Waals surface area contributed by atoms with Gasteiger partial charge in [0.15, 0.2) is 0 Å². The quantitative estimate of drug-likeness (QED) is 0.545. The smallest absolute Gasteiger partial charge is 0.263 e. The molecule has 0 bridgehead atoms. The lowest BCUT2D eigenvalue weighted by atomic mass is 10.5. The third kappa shape index (κ3) is 3.16. The molecular formula is C9H12N6O2S2. The van der Waals surface area contributed by atoms with Crippen molar-refractivity contribution >= 4 is 32.3 Å². The molecule has 0 atom stereocenters. The lowest BCUT2D eigenvalue weighted by Gasteiger charge is -2.05. The molecule has 2 aromatic heterocycles.